The second kappa shape index (κ2) is 10.2. The molecule has 0 amide bonds. The molecule has 0 unspecified atom stereocenters. The Kier molecular flexibility index (Phi) is 7.14. The number of fused-ring (bicyclic) bond motifs is 1. The lowest BCUT2D eigenvalue weighted by atomic mass is 10.1. The van der Waals surface area contributed by atoms with E-state index in [1.807, 2.05) is 30.3 Å². The minimum Gasteiger partial charge on any atom is -0.481 e. The zero-order valence-electron chi connectivity index (χ0n) is 18.1. The molecule has 3 aromatic rings. The van der Waals surface area contributed by atoms with Crippen LogP contribution in [0.5, 0.6) is 5.75 Å². The van der Waals surface area contributed by atoms with Crippen molar-refractivity contribution in [3.05, 3.63) is 93.2 Å². The summed E-state index contributed by atoms with van der Waals surface area (Å²) in [4.78, 5) is 3.29. The van der Waals surface area contributed by atoms with Crippen molar-refractivity contribution in [2.45, 2.75) is 29.2 Å². The molecule has 33 heavy (non-hydrogen) atoms. The van der Waals surface area contributed by atoms with E-state index >= 15 is 4.39 Å². The maximum atomic E-state index is 15.1. The number of nitrogens with zero attached hydrogens (tertiary/aromatic N) is 1. The number of ether oxygens (including phenoxy) is 1. The predicted molar refractivity (Wildman–Crippen MR) is 134 cm³/mol. The van der Waals surface area contributed by atoms with Crippen LogP contribution in [-0.4, -0.2) is 37.1 Å². The van der Waals surface area contributed by atoms with Crippen LogP contribution in [0.2, 0.25) is 10.0 Å². The van der Waals surface area contributed by atoms with Crippen molar-refractivity contribution in [3.63, 3.8) is 0 Å². The third kappa shape index (κ3) is 5.18. The van der Waals surface area contributed by atoms with Crippen LogP contribution in [0.25, 0.3) is 0 Å². The van der Waals surface area contributed by atoms with E-state index in [0.29, 0.717) is 10.0 Å². The van der Waals surface area contributed by atoms with E-state index in [2.05, 4.69) is 22.3 Å². The van der Waals surface area contributed by atoms with Crippen LogP contribution in [-0.2, 0) is 12.2 Å². The molecule has 1 aliphatic carbocycles. The number of thioether (sulfide) groups is 1. The zero-order chi connectivity index (χ0) is 22.8. The molecular weight excluding hydrogens is 478 g/mol. The highest BCUT2D eigenvalue weighted by Gasteiger charge is 2.40. The number of hydrogen-bond donors (Lipinski definition) is 1. The number of benzene rings is 3. The predicted octanol–water partition coefficient (Wildman–Crippen LogP) is 6.37. The number of piperazine rings is 1. The van der Waals surface area contributed by atoms with Crippen LogP contribution in [0, 0.1) is 5.82 Å². The Morgan fingerprint density at radius 1 is 1.03 bits per heavy atom. The Morgan fingerprint density at radius 3 is 2.58 bits per heavy atom. The first-order chi connectivity index (χ1) is 16.1. The molecule has 172 valence electrons. The highest BCUT2D eigenvalue weighted by molar-refractivity contribution is 7.98. The van der Waals surface area contributed by atoms with Crippen molar-refractivity contribution >= 4 is 35.0 Å². The quantitative estimate of drug-likeness (QED) is 0.395. The molecule has 1 heterocycles. The maximum Gasteiger partial charge on any atom is 0.166 e. The van der Waals surface area contributed by atoms with Crippen molar-refractivity contribution in [2.24, 2.45) is 0 Å². The van der Waals surface area contributed by atoms with Gasteiger partial charge in [0.1, 0.15) is 6.10 Å². The van der Waals surface area contributed by atoms with Crippen molar-refractivity contribution in [3.8, 4) is 5.75 Å². The summed E-state index contributed by atoms with van der Waals surface area (Å²) in [6, 6.07) is 19.2. The van der Waals surface area contributed by atoms with Crippen LogP contribution >= 0.6 is 35.0 Å². The molecule has 3 nitrogen and oxygen atoms in total. The Morgan fingerprint density at radius 2 is 1.82 bits per heavy atom. The Balaban J connectivity index is 1.38. The minimum absolute atomic E-state index is 0.0876. The van der Waals surface area contributed by atoms with Crippen LogP contribution in [0.4, 0.5) is 4.39 Å². The molecule has 2 atom stereocenters. The Hall–Kier alpha value is -1.76. The van der Waals surface area contributed by atoms with Gasteiger partial charge >= 0.3 is 0 Å². The summed E-state index contributed by atoms with van der Waals surface area (Å²) >= 11 is 14.5. The van der Waals surface area contributed by atoms with E-state index in [-0.39, 0.29) is 23.7 Å². The van der Waals surface area contributed by atoms with Crippen LogP contribution < -0.4 is 10.1 Å². The standard InChI is InChI=1S/C26H25Cl2FN2OS/c27-18-12-21-20(22(28)13-18)15-24(31-10-8-30-9-11-31)26(21)32-25-7-6-19(14-23(25)29)33-16-17-4-2-1-3-5-17/h1-7,12-14,24,26,30H,8-11,15-16H2/t24-,26-/m0/s1. The van der Waals surface area contributed by atoms with Gasteiger partial charge in [-0.15, -0.1) is 11.8 Å². The van der Waals surface area contributed by atoms with Gasteiger partial charge in [0.15, 0.2) is 11.6 Å². The molecule has 0 spiro atoms. The van der Waals surface area contributed by atoms with Gasteiger partial charge in [-0.25, -0.2) is 4.39 Å². The third-order valence-corrected chi connectivity index (χ3v) is 7.91. The van der Waals surface area contributed by atoms with Crippen molar-refractivity contribution in [1.29, 1.82) is 0 Å². The van der Waals surface area contributed by atoms with Gasteiger partial charge in [0, 0.05) is 52.4 Å². The average Bonchev–Trinajstić information content (AvgIpc) is 3.19. The fourth-order valence-electron chi connectivity index (χ4n) is 4.64. The molecule has 7 heteroatoms. The summed E-state index contributed by atoms with van der Waals surface area (Å²) in [5.74, 6) is 0.695. The van der Waals surface area contributed by atoms with Crippen molar-refractivity contribution in [2.75, 3.05) is 26.2 Å². The maximum absolute atomic E-state index is 15.1. The fourth-order valence-corrected chi connectivity index (χ4v) is 6.10. The van der Waals surface area contributed by atoms with Crippen molar-refractivity contribution in [1.82, 2.24) is 10.2 Å². The lowest BCUT2D eigenvalue weighted by molar-refractivity contribution is 0.0667. The molecule has 1 saturated heterocycles. The summed E-state index contributed by atoms with van der Waals surface area (Å²) < 4.78 is 21.5. The summed E-state index contributed by atoms with van der Waals surface area (Å²) in [7, 11) is 0. The monoisotopic (exact) mass is 502 g/mol. The first-order valence-corrected chi connectivity index (χ1v) is 12.9. The summed E-state index contributed by atoms with van der Waals surface area (Å²) in [5.41, 5.74) is 3.21. The van der Waals surface area contributed by atoms with E-state index in [4.69, 9.17) is 27.9 Å². The van der Waals surface area contributed by atoms with Gasteiger partial charge in [-0.1, -0.05) is 53.5 Å². The van der Waals surface area contributed by atoms with Gasteiger partial charge in [0.05, 0.1) is 6.04 Å². The molecule has 0 saturated carbocycles. The Bertz CT molecular complexity index is 1120. The van der Waals surface area contributed by atoms with Gasteiger partial charge in [0.2, 0.25) is 0 Å². The molecule has 3 aromatic carbocycles. The summed E-state index contributed by atoms with van der Waals surface area (Å²) in [6.45, 7) is 3.69. The molecule has 1 fully saturated rings. The third-order valence-electron chi connectivity index (χ3n) is 6.29. The second-order valence-electron chi connectivity index (χ2n) is 8.42. The van der Waals surface area contributed by atoms with E-state index in [1.165, 1.54) is 5.56 Å². The Labute approximate surface area is 208 Å². The average molecular weight is 503 g/mol. The first-order valence-electron chi connectivity index (χ1n) is 11.1. The van der Waals surface area contributed by atoms with Gasteiger partial charge in [-0.05, 0) is 47.9 Å². The van der Waals surface area contributed by atoms with E-state index in [9.17, 15) is 0 Å². The van der Waals surface area contributed by atoms with Gasteiger partial charge in [0.25, 0.3) is 0 Å². The topological polar surface area (TPSA) is 24.5 Å². The van der Waals surface area contributed by atoms with Crippen LogP contribution in [0.15, 0.2) is 65.6 Å². The number of halogens is 3. The van der Waals surface area contributed by atoms with Crippen LogP contribution in [0.1, 0.15) is 22.8 Å². The summed E-state index contributed by atoms with van der Waals surface area (Å²) in [5, 5.41) is 4.61. The zero-order valence-corrected chi connectivity index (χ0v) is 20.4. The van der Waals surface area contributed by atoms with Gasteiger partial charge < -0.3 is 10.1 Å². The smallest absolute Gasteiger partial charge is 0.166 e. The second-order valence-corrected chi connectivity index (χ2v) is 10.3. The molecule has 0 aromatic heterocycles. The number of hydrogen-bond acceptors (Lipinski definition) is 4. The molecule has 2 aliphatic rings. The molecule has 5 rings (SSSR count). The fraction of sp³-hybridized carbons (Fsp3) is 0.308. The molecule has 1 aliphatic heterocycles. The molecular formula is C26H25Cl2FN2OS. The molecule has 0 radical (unpaired) electrons. The minimum atomic E-state index is -0.353. The number of nitrogens with one attached hydrogen (secondary N) is 1. The lowest BCUT2D eigenvalue weighted by Gasteiger charge is -2.36. The van der Waals surface area contributed by atoms with Gasteiger partial charge in [-0.3, -0.25) is 4.90 Å². The SMILES string of the molecule is Fc1cc(SCc2ccccc2)ccc1O[C@H]1c2cc(Cl)cc(Cl)c2C[C@@H]1N1CCNCC1. The molecule has 1 N–H and O–H groups in total. The largest absolute Gasteiger partial charge is 0.481 e. The molecule has 0 bridgehead atoms. The van der Waals surface area contributed by atoms with E-state index in [0.717, 1.165) is 54.4 Å². The van der Waals surface area contributed by atoms with E-state index < -0.39 is 0 Å². The summed E-state index contributed by atoms with van der Waals surface area (Å²) in [6.07, 6.45) is 0.439. The van der Waals surface area contributed by atoms with Crippen molar-refractivity contribution < 1.29 is 9.13 Å². The number of rotatable bonds is 6. The highest BCUT2D eigenvalue weighted by atomic mass is 35.5. The lowest BCUT2D eigenvalue weighted by Crippen LogP contribution is -2.50. The first kappa shape index (κ1) is 23.0. The van der Waals surface area contributed by atoms with Gasteiger partial charge in [-0.2, -0.15) is 0 Å². The highest BCUT2D eigenvalue weighted by Crippen LogP contribution is 2.43. The normalized spacial score (nSPS) is 20.6. The van der Waals surface area contributed by atoms with E-state index in [1.54, 1.807) is 30.0 Å². The van der Waals surface area contributed by atoms with Crippen LogP contribution in [0.3, 0.4) is 0 Å².